The standard InChI is InChI=1S/C22H26N4O4S/c1-15(2)22-25-20(26-30-22)14-17-4-9-18(10-5-17)24-21(27)13-8-16-6-11-19(12-7-16)31(28,29)23-3/h4-7,9-12,15,23H,8,13-14H2,1-3H3,(H,24,27). The molecule has 0 bridgehead atoms. The molecule has 2 aromatic carbocycles. The smallest absolute Gasteiger partial charge is 0.240 e. The average molecular weight is 443 g/mol. The van der Waals surface area contributed by atoms with Gasteiger partial charge in [0.25, 0.3) is 0 Å². The van der Waals surface area contributed by atoms with E-state index in [9.17, 15) is 13.2 Å². The first kappa shape index (κ1) is 22.6. The van der Waals surface area contributed by atoms with Crippen molar-refractivity contribution in [3.63, 3.8) is 0 Å². The van der Waals surface area contributed by atoms with Crippen LogP contribution in [0.2, 0.25) is 0 Å². The van der Waals surface area contributed by atoms with Crippen LogP contribution < -0.4 is 10.0 Å². The van der Waals surface area contributed by atoms with E-state index in [4.69, 9.17) is 4.52 Å². The number of amides is 1. The number of anilines is 1. The lowest BCUT2D eigenvalue weighted by molar-refractivity contribution is -0.116. The van der Waals surface area contributed by atoms with Gasteiger partial charge in [0.15, 0.2) is 5.82 Å². The highest BCUT2D eigenvalue weighted by Gasteiger charge is 2.12. The Labute approximate surface area is 182 Å². The largest absolute Gasteiger partial charge is 0.339 e. The van der Waals surface area contributed by atoms with Gasteiger partial charge >= 0.3 is 0 Å². The van der Waals surface area contributed by atoms with Gasteiger partial charge in [-0.2, -0.15) is 4.98 Å². The molecule has 3 rings (SSSR count). The Balaban J connectivity index is 1.50. The van der Waals surface area contributed by atoms with E-state index in [1.807, 2.05) is 38.1 Å². The third-order valence-corrected chi connectivity index (χ3v) is 6.15. The van der Waals surface area contributed by atoms with Gasteiger partial charge in [-0.15, -0.1) is 0 Å². The fourth-order valence-corrected chi connectivity index (χ4v) is 3.63. The van der Waals surface area contributed by atoms with Gasteiger partial charge in [-0.3, -0.25) is 4.79 Å². The first-order valence-corrected chi connectivity index (χ1v) is 11.5. The van der Waals surface area contributed by atoms with Crippen LogP contribution in [0.25, 0.3) is 0 Å². The number of nitrogens with zero attached hydrogens (tertiary/aromatic N) is 2. The molecule has 1 amide bonds. The van der Waals surface area contributed by atoms with Crippen molar-refractivity contribution in [2.24, 2.45) is 0 Å². The van der Waals surface area contributed by atoms with E-state index in [2.05, 4.69) is 20.2 Å². The topological polar surface area (TPSA) is 114 Å². The molecular formula is C22H26N4O4S. The van der Waals surface area contributed by atoms with Gasteiger partial charge < -0.3 is 9.84 Å². The molecule has 0 unspecified atom stereocenters. The minimum absolute atomic E-state index is 0.112. The first-order valence-electron chi connectivity index (χ1n) is 10.0. The van der Waals surface area contributed by atoms with Crippen molar-refractivity contribution in [3.05, 3.63) is 71.4 Å². The molecule has 0 saturated heterocycles. The Morgan fingerprint density at radius 2 is 1.68 bits per heavy atom. The minimum atomic E-state index is -3.46. The maximum Gasteiger partial charge on any atom is 0.240 e. The summed E-state index contributed by atoms with van der Waals surface area (Å²) in [5, 5.41) is 6.86. The van der Waals surface area contributed by atoms with Crippen molar-refractivity contribution < 1.29 is 17.7 Å². The molecule has 0 radical (unpaired) electrons. The van der Waals surface area contributed by atoms with Crippen molar-refractivity contribution in [3.8, 4) is 0 Å². The molecule has 0 spiro atoms. The number of hydrogen-bond acceptors (Lipinski definition) is 6. The van der Waals surface area contributed by atoms with E-state index in [-0.39, 0.29) is 16.7 Å². The predicted molar refractivity (Wildman–Crippen MR) is 117 cm³/mol. The number of aryl methyl sites for hydroxylation is 1. The van der Waals surface area contributed by atoms with E-state index < -0.39 is 10.0 Å². The minimum Gasteiger partial charge on any atom is -0.339 e. The zero-order valence-corrected chi connectivity index (χ0v) is 18.6. The molecule has 0 saturated carbocycles. The average Bonchev–Trinajstić information content (AvgIpc) is 3.23. The van der Waals surface area contributed by atoms with Gasteiger partial charge in [0, 0.05) is 24.4 Å². The van der Waals surface area contributed by atoms with Gasteiger partial charge in [0.1, 0.15) is 0 Å². The summed E-state index contributed by atoms with van der Waals surface area (Å²) in [5.41, 5.74) is 2.62. The van der Waals surface area contributed by atoms with Crippen LogP contribution in [-0.4, -0.2) is 31.5 Å². The third kappa shape index (κ3) is 6.22. The summed E-state index contributed by atoms with van der Waals surface area (Å²) in [7, 11) is -2.09. The predicted octanol–water partition coefficient (Wildman–Crippen LogP) is 3.26. The molecule has 9 heteroatoms. The highest BCUT2D eigenvalue weighted by atomic mass is 32.2. The normalized spacial score (nSPS) is 11.6. The summed E-state index contributed by atoms with van der Waals surface area (Å²) in [6.07, 6.45) is 1.37. The molecule has 0 aliphatic carbocycles. The maximum absolute atomic E-state index is 12.3. The molecular weight excluding hydrogens is 416 g/mol. The van der Waals surface area contributed by atoms with Crippen LogP contribution in [0.4, 0.5) is 5.69 Å². The zero-order chi connectivity index (χ0) is 22.4. The van der Waals surface area contributed by atoms with Crippen LogP contribution in [0.15, 0.2) is 57.9 Å². The quantitative estimate of drug-likeness (QED) is 0.526. The molecule has 0 fully saturated rings. The van der Waals surface area contributed by atoms with E-state index in [0.717, 1.165) is 11.1 Å². The number of carbonyl (C=O) groups excluding carboxylic acids is 1. The van der Waals surface area contributed by atoms with E-state index in [0.29, 0.717) is 36.7 Å². The van der Waals surface area contributed by atoms with Gasteiger partial charge in [-0.1, -0.05) is 43.3 Å². The van der Waals surface area contributed by atoms with Gasteiger partial charge in [-0.05, 0) is 48.9 Å². The molecule has 2 N–H and O–H groups in total. The van der Waals surface area contributed by atoms with Crippen molar-refractivity contribution in [2.45, 2.75) is 43.9 Å². The lowest BCUT2D eigenvalue weighted by atomic mass is 10.1. The number of rotatable bonds is 9. The van der Waals surface area contributed by atoms with Crippen molar-refractivity contribution in [1.29, 1.82) is 0 Å². The van der Waals surface area contributed by atoms with Crippen molar-refractivity contribution in [1.82, 2.24) is 14.9 Å². The van der Waals surface area contributed by atoms with Gasteiger partial charge in [-0.25, -0.2) is 13.1 Å². The molecule has 0 atom stereocenters. The molecule has 1 heterocycles. The van der Waals surface area contributed by atoms with Crippen LogP contribution in [0.5, 0.6) is 0 Å². The fraction of sp³-hybridized carbons (Fsp3) is 0.318. The Morgan fingerprint density at radius 1 is 1.03 bits per heavy atom. The van der Waals surface area contributed by atoms with Crippen LogP contribution in [0, 0.1) is 0 Å². The summed E-state index contributed by atoms with van der Waals surface area (Å²) in [6.45, 7) is 4.00. The highest BCUT2D eigenvalue weighted by Crippen LogP contribution is 2.16. The van der Waals surface area contributed by atoms with E-state index in [1.165, 1.54) is 19.2 Å². The molecule has 8 nitrogen and oxygen atoms in total. The SMILES string of the molecule is CNS(=O)(=O)c1ccc(CCC(=O)Nc2ccc(Cc3noc(C(C)C)n3)cc2)cc1. The number of carbonyl (C=O) groups is 1. The van der Waals surface area contributed by atoms with E-state index >= 15 is 0 Å². The van der Waals surface area contributed by atoms with Crippen LogP contribution in [0.1, 0.15) is 49.0 Å². The van der Waals surface area contributed by atoms with Gasteiger partial charge in [0.05, 0.1) is 4.90 Å². The Hall–Kier alpha value is -3.04. The summed E-state index contributed by atoms with van der Waals surface area (Å²) in [5.74, 6) is 1.34. The Bertz CT molecular complexity index is 1120. The summed E-state index contributed by atoms with van der Waals surface area (Å²) < 4.78 is 31.0. The van der Waals surface area contributed by atoms with E-state index in [1.54, 1.807) is 12.1 Å². The lowest BCUT2D eigenvalue weighted by Crippen LogP contribution is -2.18. The highest BCUT2D eigenvalue weighted by molar-refractivity contribution is 7.89. The zero-order valence-electron chi connectivity index (χ0n) is 17.8. The Morgan fingerprint density at radius 3 is 2.26 bits per heavy atom. The Kier molecular flexibility index (Phi) is 7.19. The second-order valence-electron chi connectivity index (χ2n) is 7.48. The van der Waals surface area contributed by atoms with Crippen LogP contribution in [-0.2, 0) is 27.7 Å². The van der Waals surface area contributed by atoms with Crippen LogP contribution >= 0.6 is 0 Å². The molecule has 31 heavy (non-hydrogen) atoms. The van der Waals surface area contributed by atoms with Crippen molar-refractivity contribution >= 4 is 21.6 Å². The fourth-order valence-electron chi connectivity index (χ4n) is 2.90. The number of nitrogens with one attached hydrogen (secondary N) is 2. The molecule has 0 aliphatic heterocycles. The monoisotopic (exact) mass is 442 g/mol. The van der Waals surface area contributed by atoms with Crippen LogP contribution in [0.3, 0.4) is 0 Å². The summed E-state index contributed by atoms with van der Waals surface area (Å²) >= 11 is 0. The summed E-state index contributed by atoms with van der Waals surface area (Å²) in [4.78, 5) is 16.8. The number of sulfonamides is 1. The third-order valence-electron chi connectivity index (χ3n) is 4.72. The molecule has 1 aromatic heterocycles. The summed E-state index contributed by atoms with van der Waals surface area (Å²) in [6, 6.07) is 14.0. The number of hydrogen-bond donors (Lipinski definition) is 2. The van der Waals surface area contributed by atoms with Gasteiger partial charge in [0.2, 0.25) is 21.8 Å². The maximum atomic E-state index is 12.3. The lowest BCUT2D eigenvalue weighted by Gasteiger charge is -2.07. The number of aromatic nitrogens is 2. The number of benzene rings is 2. The molecule has 0 aliphatic rings. The first-order chi connectivity index (χ1) is 14.8. The van der Waals surface area contributed by atoms with Crippen molar-refractivity contribution in [2.75, 3.05) is 12.4 Å². The molecule has 3 aromatic rings. The molecule has 164 valence electrons. The second kappa shape index (κ2) is 9.84. The second-order valence-corrected chi connectivity index (χ2v) is 9.36.